The molecule has 5 nitrogen and oxygen atoms in total. The Bertz CT molecular complexity index is 665. The molecule has 1 saturated heterocycles. The number of piperazine rings is 1. The van der Waals surface area contributed by atoms with Crippen molar-refractivity contribution in [2.45, 2.75) is 6.04 Å². The minimum absolute atomic E-state index is 0.119. The maximum Gasteiger partial charge on any atom is 0.407 e. The van der Waals surface area contributed by atoms with Crippen molar-refractivity contribution in [3.8, 4) is 5.75 Å². The van der Waals surface area contributed by atoms with Crippen molar-refractivity contribution in [1.29, 1.82) is 0 Å². The molecule has 1 amide bonds. The second kappa shape index (κ2) is 7.36. The zero-order valence-corrected chi connectivity index (χ0v) is 13.8. The number of ether oxygens (including phenoxy) is 1. The van der Waals surface area contributed by atoms with E-state index in [9.17, 15) is 4.79 Å². The van der Waals surface area contributed by atoms with E-state index >= 15 is 0 Å². The third-order valence-electron chi connectivity index (χ3n) is 4.50. The Kier molecular flexibility index (Phi) is 5.01. The molecule has 0 spiro atoms. The number of methoxy groups -OCH3 is 1. The van der Waals surface area contributed by atoms with Gasteiger partial charge in [-0.05, 0) is 23.3 Å². The highest BCUT2D eigenvalue weighted by Gasteiger charge is 2.27. The molecule has 126 valence electrons. The van der Waals surface area contributed by atoms with Crippen LogP contribution in [0, 0.1) is 0 Å². The Balaban J connectivity index is 1.87. The van der Waals surface area contributed by atoms with Crippen molar-refractivity contribution in [2.24, 2.45) is 0 Å². The van der Waals surface area contributed by atoms with Gasteiger partial charge >= 0.3 is 6.09 Å². The number of benzene rings is 2. The summed E-state index contributed by atoms with van der Waals surface area (Å²) in [5.41, 5.74) is 2.40. The van der Waals surface area contributed by atoms with E-state index in [2.05, 4.69) is 29.2 Å². The third-order valence-corrected chi connectivity index (χ3v) is 4.50. The highest BCUT2D eigenvalue weighted by Crippen LogP contribution is 2.30. The number of amides is 1. The van der Waals surface area contributed by atoms with E-state index < -0.39 is 6.09 Å². The third kappa shape index (κ3) is 3.51. The van der Waals surface area contributed by atoms with Crippen molar-refractivity contribution in [3.63, 3.8) is 0 Å². The highest BCUT2D eigenvalue weighted by atomic mass is 16.5. The Hall–Kier alpha value is -2.53. The molecular weight excluding hydrogens is 304 g/mol. The number of rotatable bonds is 4. The maximum atomic E-state index is 11.1. The predicted molar refractivity (Wildman–Crippen MR) is 92.4 cm³/mol. The molecule has 5 heteroatoms. The molecule has 2 aromatic carbocycles. The van der Waals surface area contributed by atoms with Gasteiger partial charge < -0.3 is 14.7 Å². The smallest absolute Gasteiger partial charge is 0.407 e. The van der Waals surface area contributed by atoms with Crippen LogP contribution in [0.5, 0.6) is 5.75 Å². The normalized spacial score (nSPS) is 16.6. The van der Waals surface area contributed by atoms with E-state index in [1.807, 2.05) is 30.3 Å². The number of hydrogen-bond acceptors (Lipinski definition) is 3. The van der Waals surface area contributed by atoms with Gasteiger partial charge in [0.1, 0.15) is 5.75 Å². The first-order valence-electron chi connectivity index (χ1n) is 8.10. The molecule has 1 atom stereocenters. The van der Waals surface area contributed by atoms with E-state index in [-0.39, 0.29) is 6.04 Å². The molecule has 3 rings (SSSR count). The quantitative estimate of drug-likeness (QED) is 0.938. The summed E-state index contributed by atoms with van der Waals surface area (Å²) in [6.07, 6.45) is -0.838. The fraction of sp³-hybridized carbons (Fsp3) is 0.316. The van der Waals surface area contributed by atoms with Gasteiger partial charge in [-0.1, -0.05) is 42.5 Å². The van der Waals surface area contributed by atoms with Crippen molar-refractivity contribution >= 4 is 6.09 Å². The fourth-order valence-electron chi connectivity index (χ4n) is 3.21. The Morgan fingerprint density at radius 2 is 1.54 bits per heavy atom. The van der Waals surface area contributed by atoms with Gasteiger partial charge in [-0.2, -0.15) is 0 Å². The Morgan fingerprint density at radius 1 is 0.958 bits per heavy atom. The number of hydrogen-bond donors (Lipinski definition) is 1. The van der Waals surface area contributed by atoms with Gasteiger partial charge in [0.25, 0.3) is 0 Å². The molecule has 2 aromatic rings. The Labute approximate surface area is 142 Å². The van der Waals surface area contributed by atoms with E-state index in [4.69, 9.17) is 9.84 Å². The zero-order chi connectivity index (χ0) is 16.9. The number of carboxylic acid groups (broad SMARTS) is 1. The molecule has 1 unspecified atom stereocenters. The van der Waals surface area contributed by atoms with Crippen LogP contribution < -0.4 is 4.74 Å². The van der Waals surface area contributed by atoms with Crippen molar-refractivity contribution in [1.82, 2.24) is 9.80 Å². The number of nitrogens with zero attached hydrogens (tertiary/aromatic N) is 2. The second-order valence-corrected chi connectivity index (χ2v) is 5.89. The van der Waals surface area contributed by atoms with E-state index in [0.717, 1.165) is 18.8 Å². The predicted octanol–water partition coefficient (Wildman–Crippen LogP) is 3.08. The number of carbonyl (C=O) groups is 1. The standard InChI is InChI=1S/C19H22N2O3/c1-24-17-9-7-16(8-10-17)18(15-5-3-2-4-6-15)20-11-13-21(14-12-20)19(22)23/h2-10,18H,11-14H2,1H3,(H,22,23). The van der Waals surface area contributed by atoms with Gasteiger partial charge in [0.2, 0.25) is 0 Å². The van der Waals surface area contributed by atoms with Crippen LogP contribution in [0.1, 0.15) is 17.2 Å². The Morgan fingerprint density at radius 3 is 2.08 bits per heavy atom. The molecule has 1 N–H and O–H groups in total. The summed E-state index contributed by atoms with van der Waals surface area (Å²) in [6.45, 7) is 2.51. The van der Waals surface area contributed by atoms with Crippen LogP contribution in [-0.2, 0) is 0 Å². The lowest BCUT2D eigenvalue weighted by molar-refractivity contribution is 0.0932. The summed E-state index contributed by atoms with van der Waals surface area (Å²) < 4.78 is 5.25. The lowest BCUT2D eigenvalue weighted by Gasteiger charge is -2.38. The van der Waals surface area contributed by atoms with Crippen molar-refractivity contribution in [2.75, 3.05) is 33.3 Å². The summed E-state index contributed by atoms with van der Waals surface area (Å²) in [5.74, 6) is 0.834. The molecule has 1 fully saturated rings. The molecule has 0 aromatic heterocycles. The molecule has 0 radical (unpaired) electrons. The first-order chi connectivity index (χ1) is 11.7. The largest absolute Gasteiger partial charge is 0.497 e. The van der Waals surface area contributed by atoms with Crippen LogP contribution in [0.15, 0.2) is 54.6 Å². The minimum Gasteiger partial charge on any atom is -0.497 e. The van der Waals surface area contributed by atoms with Gasteiger partial charge in [-0.25, -0.2) is 4.79 Å². The SMILES string of the molecule is COc1ccc(C(c2ccccc2)N2CCN(C(=O)O)CC2)cc1. The maximum absolute atomic E-state index is 11.1. The zero-order valence-electron chi connectivity index (χ0n) is 13.8. The van der Waals surface area contributed by atoms with Gasteiger partial charge in [-0.15, -0.1) is 0 Å². The first kappa shape index (κ1) is 16.3. The van der Waals surface area contributed by atoms with Crippen molar-refractivity contribution in [3.05, 3.63) is 65.7 Å². The lowest BCUT2D eigenvalue weighted by atomic mass is 9.96. The summed E-state index contributed by atoms with van der Waals surface area (Å²) >= 11 is 0. The van der Waals surface area contributed by atoms with Crippen LogP contribution in [0.3, 0.4) is 0 Å². The molecular formula is C19H22N2O3. The molecule has 1 heterocycles. The van der Waals surface area contributed by atoms with Crippen LogP contribution >= 0.6 is 0 Å². The first-order valence-corrected chi connectivity index (χ1v) is 8.10. The fourth-order valence-corrected chi connectivity index (χ4v) is 3.21. The topological polar surface area (TPSA) is 53.0 Å². The van der Waals surface area contributed by atoms with Gasteiger partial charge in [-0.3, -0.25) is 4.90 Å². The van der Waals surface area contributed by atoms with Gasteiger partial charge in [0, 0.05) is 26.2 Å². The second-order valence-electron chi connectivity index (χ2n) is 5.89. The molecule has 0 aliphatic carbocycles. The van der Waals surface area contributed by atoms with Crippen LogP contribution in [0.25, 0.3) is 0 Å². The average molecular weight is 326 g/mol. The molecule has 1 aliphatic rings. The summed E-state index contributed by atoms with van der Waals surface area (Å²) in [6, 6.07) is 18.6. The van der Waals surface area contributed by atoms with Crippen molar-refractivity contribution < 1.29 is 14.6 Å². The van der Waals surface area contributed by atoms with Crippen LogP contribution in [0.4, 0.5) is 4.79 Å². The molecule has 24 heavy (non-hydrogen) atoms. The lowest BCUT2D eigenvalue weighted by Crippen LogP contribution is -2.49. The average Bonchev–Trinajstić information content (AvgIpc) is 2.64. The highest BCUT2D eigenvalue weighted by molar-refractivity contribution is 5.65. The summed E-state index contributed by atoms with van der Waals surface area (Å²) in [5, 5.41) is 9.15. The molecule has 1 aliphatic heterocycles. The van der Waals surface area contributed by atoms with Crippen LogP contribution in [-0.4, -0.2) is 54.3 Å². The van der Waals surface area contributed by atoms with Crippen LogP contribution in [0.2, 0.25) is 0 Å². The van der Waals surface area contributed by atoms with E-state index in [1.165, 1.54) is 16.0 Å². The minimum atomic E-state index is -0.838. The summed E-state index contributed by atoms with van der Waals surface area (Å²) in [7, 11) is 1.66. The van der Waals surface area contributed by atoms with Gasteiger partial charge in [0.15, 0.2) is 0 Å². The molecule has 0 saturated carbocycles. The van der Waals surface area contributed by atoms with E-state index in [0.29, 0.717) is 13.1 Å². The van der Waals surface area contributed by atoms with E-state index in [1.54, 1.807) is 7.11 Å². The molecule has 0 bridgehead atoms. The monoisotopic (exact) mass is 326 g/mol. The van der Waals surface area contributed by atoms with Gasteiger partial charge in [0.05, 0.1) is 13.2 Å². The summed E-state index contributed by atoms with van der Waals surface area (Å²) in [4.78, 5) is 15.0.